The van der Waals surface area contributed by atoms with E-state index in [1.165, 1.54) is 12.1 Å². The second kappa shape index (κ2) is 7.16. The summed E-state index contributed by atoms with van der Waals surface area (Å²) in [5.74, 6) is -0.256. The van der Waals surface area contributed by atoms with Crippen LogP contribution in [0.4, 0.5) is 4.39 Å². The van der Waals surface area contributed by atoms with Crippen LogP contribution in [0.25, 0.3) is 0 Å². The molecule has 2 aromatic rings. The van der Waals surface area contributed by atoms with Gasteiger partial charge in [0, 0.05) is 10.4 Å². The number of aromatic nitrogens is 1. The Balaban J connectivity index is 2.21. The monoisotopic (exact) mass is 312 g/mol. The average Bonchev–Trinajstić information content (AvgIpc) is 2.85. The molecule has 0 spiro atoms. The van der Waals surface area contributed by atoms with Gasteiger partial charge in [-0.15, -0.1) is 11.3 Å². The molecule has 2 nitrogen and oxygen atoms in total. The molecule has 1 unspecified atom stereocenters. The van der Waals surface area contributed by atoms with Gasteiger partial charge in [-0.2, -0.15) is 0 Å². The Hall–Kier alpha value is -0.970. The third-order valence-corrected chi connectivity index (χ3v) is 4.23. The summed E-state index contributed by atoms with van der Waals surface area (Å²) in [7, 11) is 0. The molecule has 0 aliphatic rings. The molecule has 0 saturated carbocycles. The fourth-order valence-corrected chi connectivity index (χ4v) is 2.92. The number of benzene rings is 1. The van der Waals surface area contributed by atoms with E-state index in [4.69, 9.17) is 11.6 Å². The van der Waals surface area contributed by atoms with Crippen LogP contribution in [-0.4, -0.2) is 11.5 Å². The summed E-state index contributed by atoms with van der Waals surface area (Å²) in [6.07, 6.45) is 1.68. The number of nitrogens with one attached hydrogen (secondary N) is 1. The Morgan fingerprint density at radius 1 is 1.45 bits per heavy atom. The number of hydrogen-bond acceptors (Lipinski definition) is 3. The number of hydrogen-bond donors (Lipinski definition) is 1. The number of aryl methyl sites for hydroxylation is 1. The Labute approximate surface area is 128 Å². The molecular weight excluding hydrogens is 295 g/mol. The first-order chi connectivity index (χ1) is 9.60. The van der Waals surface area contributed by atoms with E-state index < -0.39 is 0 Å². The van der Waals surface area contributed by atoms with Crippen molar-refractivity contribution in [1.82, 2.24) is 10.3 Å². The summed E-state index contributed by atoms with van der Waals surface area (Å²) in [6, 6.07) is 4.56. The maximum Gasteiger partial charge on any atom is 0.123 e. The van der Waals surface area contributed by atoms with Crippen LogP contribution in [0, 0.1) is 12.7 Å². The lowest BCUT2D eigenvalue weighted by atomic mass is 10.0. The SMILES string of the molecule is CCCNC(Cc1cc(F)ccc1Cl)c1csc(C)n1. The van der Waals surface area contributed by atoms with E-state index in [1.807, 2.05) is 6.92 Å². The number of rotatable bonds is 6. The summed E-state index contributed by atoms with van der Waals surface area (Å²) >= 11 is 7.78. The van der Waals surface area contributed by atoms with Gasteiger partial charge in [0.1, 0.15) is 5.82 Å². The quantitative estimate of drug-likeness (QED) is 0.848. The van der Waals surface area contributed by atoms with Crippen LogP contribution < -0.4 is 5.32 Å². The number of nitrogens with zero attached hydrogens (tertiary/aromatic N) is 1. The molecule has 1 aromatic heterocycles. The summed E-state index contributed by atoms with van der Waals surface area (Å²) in [5.41, 5.74) is 1.81. The van der Waals surface area contributed by atoms with Gasteiger partial charge in [0.25, 0.3) is 0 Å². The first kappa shape index (κ1) is 15.4. The number of thiazole rings is 1. The topological polar surface area (TPSA) is 24.9 Å². The zero-order chi connectivity index (χ0) is 14.5. The lowest BCUT2D eigenvalue weighted by Crippen LogP contribution is -2.24. The number of halogens is 2. The van der Waals surface area contributed by atoms with Gasteiger partial charge >= 0.3 is 0 Å². The largest absolute Gasteiger partial charge is 0.308 e. The van der Waals surface area contributed by atoms with Gasteiger partial charge in [-0.05, 0) is 50.1 Å². The molecule has 0 saturated heterocycles. The molecule has 0 radical (unpaired) electrons. The van der Waals surface area contributed by atoms with E-state index >= 15 is 0 Å². The van der Waals surface area contributed by atoms with Crippen molar-refractivity contribution in [1.29, 1.82) is 0 Å². The highest BCUT2D eigenvalue weighted by Crippen LogP contribution is 2.25. The van der Waals surface area contributed by atoms with Gasteiger partial charge in [0.2, 0.25) is 0 Å². The van der Waals surface area contributed by atoms with E-state index in [0.717, 1.165) is 29.2 Å². The predicted octanol–water partition coefficient (Wildman–Crippen LogP) is 4.53. The fraction of sp³-hybridized carbons (Fsp3) is 0.400. The molecule has 1 heterocycles. The van der Waals surface area contributed by atoms with Crippen LogP contribution >= 0.6 is 22.9 Å². The van der Waals surface area contributed by atoms with Gasteiger partial charge in [0.15, 0.2) is 0 Å². The summed E-state index contributed by atoms with van der Waals surface area (Å²) < 4.78 is 13.4. The molecule has 0 aliphatic heterocycles. The summed E-state index contributed by atoms with van der Waals surface area (Å²) in [6.45, 7) is 5.00. The highest BCUT2D eigenvalue weighted by molar-refractivity contribution is 7.09. The van der Waals surface area contributed by atoms with Crippen LogP contribution in [0.15, 0.2) is 23.6 Å². The molecular formula is C15H18ClFN2S. The Bertz CT molecular complexity index is 571. The second-order valence-electron chi connectivity index (χ2n) is 4.74. The minimum Gasteiger partial charge on any atom is -0.308 e. The molecule has 5 heteroatoms. The van der Waals surface area contributed by atoms with Crippen molar-refractivity contribution in [2.75, 3.05) is 6.54 Å². The van der Waals surface area contributed by atoms with Crippen molar-refractivity contribution in [2.24, 2.45) is 0 Å². The van der Waals surface area contributed by atoms with E-state index in [1.54, 1.807) is 17.4 Å². The standard InChI is InChI=1S/C15H18ClFN2S/c1-3-6-18-14(15-9-20-10(2)19-15)8-11-7-12(17)4-5-13(11)16/h4-5,7,9,14,18H,3,6,8H2,1-2H3. The van der Waals surface area contributed by atoms with Gasteiger partial charge in [0.05, 0.1) is 16.7 Å². The molecule has 1 atom stereocenters. The molecule has 1 aromatic carbocycles. The first-order valence-electron chi connectivity index (χ1n) is 6.69. The second-order valence-corrected chi connectivity index (χ2v) is 6.21. The van der Waals surface area contributed by atoms with E-state index in [2.05, 4.69) is 22.6 Å². The minimum atomic E-state index is -0.256. The molecule has 0 aliphatic carbocycles. The average molecular weight is 313 g/mol. The van der Waals surface area contributed by atoms with Crippen LogP contribution in [0.1, 0.15) is 35.7 Å². The Kier molecular flexibility index (Phi) is 5.52. The normalized spacial score (nSPS) is 12.6. The zero-order valence-corrected chi connectivity index (χ0v) is 13.2. The van der Waals surface area contributed by atoms with Crippen molar-refractivity contribution >= 4 is 22.9 Å². The van der Waals surface area contributed by atoms with Gasteiger partial charge in [-0.1, -0.05) is 18.5 Å². The molecule has 108 valence electrons. The summed E-state index contributed by atoms with van der Waals surface area (Å²) in [4.78, 5) is 4.53. The van der Waals surface area contributed by atoms with Crippen molar-refractivity contribution < 1.29 is 4.39 Å². The lowest BCUT2D eigenvalue weighted by molar-refractivity contribution is 0.517. The van der Waals surface area contributed by atoms with Crippen LogP contribution in [0.2, 0.25) is 5.02 Å². The Morgan fingerprint density at radius 3 is 2.90 bits per heavy atom. The van der Waals surface area contributed by atoms with E-state index in [9.17, 15) is 4.39 Å². The molecule has 1 N–H and O–H groups in total. The van der Waals surface area contributed by atoms with Gasteiger partial charge in [-0.3, -0.25) is 0 Å². The third kappa shape index (κ3) is 4.01. The van der Waals surface area contributed by atoms with Crippen molar-refractivity contribution in [3.8, 4) is 0 Å². The maximum atomic E-state index is 13.4. The zero-order valence-electron chi connectivity index (χ0n) is 11.6. The first-order valence-corrected chi connectivity index (χ1v) is 7.95. The van der Waals surface area contributed by atoms with Crippen LogP contribution in [-0.2, 0) is 6.42 Å². The Morgan fingerprint density at radius 2 is 2.25 bits per heavy atom. The van der Waals surface area contributed by atoms with E-state index in [-0.39, 0.29) is 11.9 Å². The van der Waals surface area contributed by atoms with Crippen molar-refractivity contribution in [3.05, 3.63) is 50.7 Å². The van der Waals surface area contributed by atoms with Crippen molar-refractivity contribution in [2.45, 2.75) is 32.7 Å². The third-order valence-electron chi connectivity index (χ3n) is 3.07. The predicted molar refractivity (Wildman–Crippen MR) is 83.0 cm³/mol. The highest BCUT2D eigenvalue weighted by atomic mass is 35.5. The molecule has 2 rings (SSSR count). The maximum absolute atomic E-state index is 13.4. The smallest absolute Gasteiger partial charge is 0.123 e. The lowest BCUT2D eigenvalue weighted by Gasteiger charge is -2.17. The molecule has 0 bridgehead atoms. The summed E-state index contributed by atoms with van der Waals surface area (Å²) in [5, 5.41) is 7.14. The van der Waals surface area contributed by atoms with Gasteiger partial charge in [-0.25, -0.2) is 9.37 Å². The molecule has 0 amide bonds. The van der Waals surface area contributed by atoms with E-state index in [0.29, 0.717) is 11.4 Å². The minimum absolute atomic E-state index is 0.0687. The van der Waals surface area contributed by atoms with Crippen LogP contribution in [0.5, 0.6) is 0 Å². The molecule has 0 fully saturated rings. The van der Waals surface area contributed by atoms with Crippen LogP contribution in [0.3, 0.4) is 0 Å². The highest BCUT2D eigenvalue weighted by Gasteiger charge is 2.16. The van der Waals surface area contributed by atoms with Gasteiger partial charge < -0.3 is 5.32 Å². The molecule has 20 heavy (non-hydrogen) atoms. The van der Waals surface area contributed by atoms with Crippen molar-refractivity contribution in [3.63, 3.8) is 0 Å². The fourth-order valence-electron chi connectivity index (χ4n) is 2.06.